The van der Waals surface area contributed by atoms with Crippen molar-refractivity contribution < 1.29 is 0 Å². The lowest BCUT2D eigenvalue weighted by atomic mass is 9.74. The Bertz CT molecular complexity index is 221. The average Bonchev–Trinajstić information content (AvgIpc) is 2.30. The van der Waals surface area contributed by atoms with Crippen LogP contribution in [0.4, 0.5) is 0 Å². The van der Waals surface area contributed by atoms with E-state index in [-0.39, 0.29) is 0 Å². The van der Waals surface area contributed by atoms with E-state index in [1.54, 1.807) is 0 Å². The van der Waals surface area contributed by atoms with Crippen molar-refractivity contribution in [3.8, 4) is 12.3 Å². The zero-order valence-electron chi connectivity index (χ0n) is 10.7. The second-order valence-electron chi connectivity index (χ2n) is 5.43. The zero-order chi connectivity index (χ0) is 12.0. The first kappa shape index (κ1) is 13.5. The predicted molar refractivity (Wildman–Crippen MR) is 69.5 cm³/mol. The molecule has 16 heavy (non-hydrogen) atoms. The highest BCUT2D eigenvalue weighted by Gasteiger charge is 2.27. The molecule has 0 aromatic rings. The van der Waals surface area contributed by atoms with Crippen molar-refractivity contribution >= 4 is 0 Å². The van der Waals surface area contributed by atoms with Crippen molar-refractivity contribution in [2.45, 2.75) is 58.4 Å². The molecule has 0 radical (unpaired) electrons. The number of hydrazine groups is 1. The van der Waals surface area contributed by atoms with E-state index in [9.17, 15) is 0 Å². The Labute approximate surface area is 100 Å². The molecule has 2 heteroatoms. The summed E-state index contributed by atoms with van der Waals surface area (Å²) in [6.45, 7) is 4.67. The molecule has 0 amide bonds. The van der Waals surface area contributed by atoms with Gasteiger partial charge in [0.2, 0.25) is 0 Å². The average molecular weight is 222 g/mol. The minimum atomic E-state index is 0.421. The molecule has 1 aliphatic rings. The summed E-state index contributed by atoms with van der Waals surface area (Å²) in [5, 5.41) is 0. The van der Waals surface area contributed by atoms with Crippen molar-refractivity contribution in [2.75, 3.05) is 0 Å². The van der Waals surface area contributed by atoms with Gasteiger partial charge in [0.25, 0.3) is 0 Å². The largest absolute Gasteiger partial charge is 0.271 e. The predicted octanol–water partition coefficient (Wildman–Crippen LogP) is 2.69. The minimum absolute atomic E-state index is 0.421. The molecule has 0 spiro atoms. The molecule has 0 bridgehead atoms. The fourth-order valence-corrected chi connectivity index (χ4v) is 2.91. The zero-order valence-corrected chi connectivity index (χ0v) is 10.7. The standard InChI is InChI=1S/C14H26N2/c1-4-5-6-14(16-15)13-9-7-12(8-10-13)11(2)3/h1,11-14,16H,5-10,15H2,2-3H3. The van der Waals surface area contributed by atoms with Gasteiger partial charge in [-0.2, -0.15) is 0 Å². The third-order valence-electron chi connectivity index (χ3n) is 4.14. The topological polar surface area (TPSA) is 38.0 Å². The van der Waals surface area contributed by atoms with E-state index in [0.717, 1.165) is 30.6 Å². The van der Waals surface area contributed by atoms with Crippen molar-refractivity contribution in [1.82, 2.24) is 5.43 Å². The van der Waals surface area contributed by atoms with Gasteiger partial charge in [-0.1, -0.05) is 13.8 Å². The lowest BCUT2D eigenvalue weighted by Gasteiger charge is -2.35. The van der Waals surface area contributed by atoms with Crippen LogP contribution in [0.3, 0.4) is 0 Å². The van der Waals surface area contributed by atoms with Crippen LogP contribution in [0.25, 0.3) is 0 Å². The van der Waals surface area contributed by atoms with E-state index in [4.69, 9.17) is 12.3 Å². The molecule has 0 aliphatic heterocycles. The first-order chi connectivity index (χ1) is 7.69. The highest BCUT2D eigenvalue weighted by atomic mass is 15.2. The van der Waals surface area contributed by atoms with Crippen LogP contribution < -0.4 is 11.3 Å². The van der Waals surface area contributed by atoms with Crippen molar-refractivity contribution in [3.05, 3.63) is 0 Å². The summed E-state index contributed by atoms with van der Waals surface area (Å²) in [6, 6.07) is 0.421. The molecule has 1 unspecified atom stereocenters. The van der Waals surface area contributed by atoms with Gasteiger partial charge in [0, 0.05) is 12.5 Å². The molecule has 92 valence electrons. The minimum Gasteiger partial charge on any atom is -0.271 e. The molecule has 0 aromatic heterocycles. The second kappa shape index (κ2) is 6.93. The highest BCUT2D eigenvalue weighted by molar-refractivity contribution is 4.88. The molecule has 1 rings (SSSR count). The Morgan fingerprint density at radius 3 is 2.25 bits per heavy atom. The van der Waals surface area contributed by atoms with E-state index < -0.39 is 0 Å². The van der Waals surface area contributed by atoms with Gasteiger partial charge >= 0.3 is 0 Å². The van der Waals surface area contributed by atoms with Crippen LogP contribution in [0.5, 0.6) is 0 Å². The van der Waals surface area contributed by atoms with E-state index in [1.807, 2.05) is 0 Å². The maximum atomic E-state index is 5.62. The summed E-state index contributed by atoms with van der Waals surface area (Å²) in [6.07, 6.45) is 12.5. The van der Waals surface area contributed by atoms with Gasteiger partial charge in [-0.25, -0.2) is 0 Å². The second-order valence-corrected chi connectivity index (χ2v) is 5.43. The summed E-state index contributed by atoms with van der Waals surface area (Å²) in [5.74, 6) is 10.8. The Hall–Kier alpha value is -0.520. The molecule has 0 heterocycles. The van der Waals surface area contributed by atoms with Crippen molar-refractivity contribution in [1.29, 1.82) is 0 Å². The summed E-state index contributed by atoms with van der Waals surface area (Å²) in [5.41, 5.74) is 2.96. The Morgan fingerprint density at radius 2 is 1.81 bits per heavy atom. The van der Waals surface area contributed by atoms with Gasteiger partial charge in [0.1, 0.15) is 0 Å². The Balaban J connectivity index is 2.36. The summed E-state index contributed by atoms with van der Waals surface area (Å²) >= 11 is 0. The summed E-state index contributed by atoms with van der Waals surface area (Å²) < 4.78 is 0. The van der Waals surface area contributed by atoms with E-state index >= 15 is 0 Å². The van der Waals surface area contributed by atoms with Crippen LogP contribution >= 0.6 is 0 Å². The third-order valence-corrected chi connectivity index (χ3v) is 4.14. The van der Waals surface area contributed by atoms with Gasteiger partial charge in [-0.05, 0) is 49.9 Å². The van der Waals surface area contributed by atoms with E-state index in [1.165, 1.54) is 25.7 Å². The number of nitrogens with two attached hydrogens (primary N) is 1. The SMILES string of the molecule is C#CCCC(NN)C1CCC(C(C)C)CC1. The van der Waals surface area contributed by atoms with Crippen molar-refractivity contribution in [2.24, 2.45) is 23.6 Å². The third kappa shape index (κ3) is 3.81. The summed E-state index contributed by atoms with van der Waals surface area (Å²) in [7, 11) is 0. The molecule has 2 nitrogen and oxygen atoms in total. The maximum Gasteiger partial charge on any atom is 0.0247 e. The number of hydrogen-bond acceptors (Lipinski definition) is 2. The van der Waals surface area contributed by atoms with Gasteiger partial charge in [0.05, 0.1) is 0 Å². The van der Waals surface area contributed by atoms with Crippen LogP contribution in [-0.2, 0) is 0 Å². The molecule has 0 aromatic carbocycles. The van der Waals surface area contributed by atoms with Crippen LogP contribution in [-0.4, -0.2) is 6.04 Å². The van der Waals surface area contributed by atoms with Gasteiger partial charge in [-0.15, -0.1) is 12.3 Å². The number of hydrogen-bond donors (Lipinski definition) is 2. The number of nitrogens with one attached hydrogen (secondary N) is 1. The van der Waals surface area contributed by atoms with Crippen LogP contribution in [0.2, 0.25) is 0 Å². The monoisotopic (exact) mass is 222 g/mol. The number of terminal acetylenes is 1. The van der Waals surface area contributed by atoms with Crippen LogP contribution in [0.1, 0.15) is 52.4 Å². The quantitative estimate of drug-likeness (QED) is 0.426. The molecule has 0 saturated heterocycles. The Morgan fingerprint density at radius 1 is 1.25 bits per heavy atom. The first-order valence-corrected chi connectivity index (χ1v) is 6.58. The molecular formula is C14H26N2. The van der Waals surface area contributed by atoms with Gasteiger partial charge in [0.15, 0.2) is 0 Å². The smallest absolute Gasteiger partial charge is 0.0247 e. The van der Waals surface area contributed by atoms with Gasteiger partial charge in [-0.3, -0.25) is 11.3 Å². The lowest BCUT2D eigenvalue weighted by molar-refractivity contribution is 0.185. The molecule has 1 fully saturated rings. The van der Waals surface area contributed by atoms with Crippen molar-refractivity contribution in [3.63, 3.8) is 0 Å². The fraction of sp³-hybridized carbons (Fsp3) is 0.857. The molecule has 1 saturated carbocycles. The van der Waals surface area contributed by atoms with E-state index in [2.05, 4.69) is 25.2 Å². The normalized spacial score (nSPS) is 27.7. The van der Waals surface area contributed by atoms with E-state index in [0.29, 0.717) is 6.04 Å². The number of rotatable bonds is 5. The fourth-order valence-electron chi connectivity index (χ4n) is 2.91. The highest BCUT2D eigenvalue weighted by Crippen LogP contribution is 2.35. The van der Waals surface area contributed by atoms with Crippen LogP contribution in [0, 0.1) is 30.1 Å². The molecule has 1 atom stereocenters. The van der Waals surface area contributed by atoms with Crippen LogP contribution in [0.15, 0.2) is 0 Å². The maximum absolute atomic E-state index is 5.62. The molecule has 3 N–H and O–H groups in total. The van der Waals surface area contributed by atoms with Gasteiger partial charge < -0.3 is 0 Å². The first-order valence-electron chi connectivity index (χ1n) is 6.58. The summed E-state index contributed by atoms with van der Waals surface area (Å²) in [4.78, 5) is 0. The Kier molecular flexibility index (Phi) is 5.87. The molecular weight excluding hydrogens is 196 g/mol. The molecule has 1 aliphatic carbocycles. The lowest BCUT2D eigenvalue weighted by Crippen LogP contribution is -2.42.